The summed E-state index contributed by atoms with van der Waals surface area (Å²) in [6.07, 6.45) is 0. The Bertz CT molecular complexity index is 654. The summed E-state index contributed by atoms with van der Waals surface area (Å²) in [4.78, 5) is 26.1. The highest BCUT2D eigenvalue weighted by Crippen LogP contribution is 2.21. The second kappa shape index (κ2) is 6.19. The highest BCUT2D eigenvalue weighted by molar-refractivity contribution is 9.10. The number of halogens is 1. The minimum absolute atomic E-state index is 0.141. The van der Waals surface area contributed by atoms with Gasteiger partial charge < -0.3 is 10.6 Å². The third kappa shape index (κ3) is 3.46. The summed E-state index contributed by atoms with van der Waals surface area (Å²) in [5.74, 6) is -0.679. The van der Waals surface area contributed by atoms with Crippen LogP contribution in [0.1, 0.15) is 25.6 Å². The molecule has 0 aliphatic carbocycles. The predicted octanol–water partition coefficient (Wildman–Crippen LogP) is 2.88. The van der Waals surface area contributed by atoms with Gasteiger partial charge in [-0.25, -0.2) is 0 Å². The van der Waals surface area contributed by atoms with E-state index in [0.717, 1.165) is 9.35 Å². The molecule has 0 saturated heterocycles. The van der Waals surface area contributed by atoms with E-state index in [1.54, 1.807) is 41.5 Å². The number of thiophene rings is 1. The fourth-order valence-electron chi connectivity index (χ4n) is 1.77. The van der Waals surface area contributed by atoms with Crippen molar-refractivity contribution < 1.29 is 9.59 Å². The lowest BCUT2D eigenvalue weighted by molar-refractivity contribution is 0.0786. The number of benzene rings is 1. The average molecular weight is 353 g/mol. The Morgan fingerprint density at radius 1 is 1.30 bits per heavy atom. The summed E-state index contributed by atoms with van der Waals surface area (Å²) < 4.78 is 1.01. The van der Waals surface area contributed by atoms with Crippen LogP contribution in [-0.4, -0.2) is 23.8 Å². The van der Waals surface area contributed by atoms with Crippen LogP contribution in [-0.2, 0) is 6.54 Å². The summed E-state index contributed by atoms with van der Waals surface area (Å²) in [6, 6.07) is 8.42. The first-order valence-electron chi connectivity index (χ1n) is 5.85. The molecule has 0 unspecified atom stereocenters. The minimum atomic E-state index is -0.538. The standard InChI is InChI=1S/C14H13BrN2O2S/c1-17(7-12-6-11(15)8-20-12)14(19)10-4-2-3-9(5-10)13(16)18/h2-6,8H,7H2,1H3,(H2,16,18). The second-order valence-electron chi connectivity index (χ2n) is 4.34. The molecule has 0 aliphatic heterocycles. The van der Waals surface area contributed by atoms with Crippen LogP contribution in [0.15, 0.2) is 40.2 Å². The lowest BCUT2D eigenvalue weighted by Crippen LogP contribution is -2.26. The van der Waals surface area contributed by atoms with E-state index in [1.807, 2.05) is 11.4 Å². The maximum Gasteiger partial charge on any atom is 0.253 e. The number of carbonyl (C=O) groups excluding carboxylic acids is 2. The molecule has 0 radical (unpaired) electrons. The first-order chi connectivity index (χ1) is 9.47. The van der Waals surface area contributed by atoms with Gasteiger partial charge in [-0.2, -0.15) is 0 Å². The summed E-state index contributed by atoms with van der Waals surface area (Å²) in [5.41, 5.74) is 6.01. The van der Waals surface area contributed by atoms with Gasteiger partial charge in [0.15, 0.2) is 0 Å². The van der Waals surface area contributed by atoms with E-state index in [9.17, 15) is 9.59 Å². The van der Waals surface area contributed by atoms with Crippen LogP contribution in [0.3, 0.4) is 0 Å². The van der Waals surface area contributed by atoms with Crippen molar-refractivity contribution in [2.24, 2.45) is 5.73 Å². The number of carbonyl (C=O) groups is 2. The molecule has 2 rings (SSSR count). The number of amides is 2. The Morgan fingerprint density at radius 2 is 2.00 bits per heavy atom. The van der Waals surface area contributed by atoms with Crippen LogP contribution in [0, 0.1) is 0 Å². The lowest BCUT2D eigenvalue weighted by Gasteiger charge is -2.16. The van der Waals surface area contributed by atoms with Gasteiger partial charge in [-0.05, 0) is 40.2 Å². The summed E-state index contributed by atoms with van der Waals surface area (Å²) >= 11 is 4.97. The fraction of sp³-hybridized carbons (Fsp3) is 0.143. The van der Waals surface area contributed by atoms with Crippen molar-refractivity contribution in [1.82, 2.24) is 4.90 Å². The van der Waals surface area contributed by atoms with Crippen molar-refractivity contribution in [1.29, 1.82) is 0 Å². The topological polar surface area (TPSA) is 63.4 Å². The molecule has 0 atom stereocenters. The van der Waals surface area contributed by atoms with Gasteiger partial charge in [-0.3, -0.25) is 9.59 Å². The largest absolute Gasteiger partial charge is 0.366 e. The Balaban J connectivity index is 2.14. The SMILES string of the molecule is CN(Cc1cc(Br)cs1)C(=O)c1cccc(C(N)=O)c1. The van der Waals surface area contributed by atoms with E-state index in [4.69, 9.17) is 5.73 Å². The number of hydrogen-bond donors (Lipinski definition) is 1. The van der Waals surface area contributed by atoms with Crippen LogP contribution in [0.2, 0.25) is 0 Å². The van der Waals surface area contributed by atoms with Crippen LogP contribution in [0.5, 0.6) is 0 Å². The zero-order valence-electron chi connectivity index (χ0n) is 10.8. The molecule has 2 aromatic rings. The number of primary amides is 1. The number of rotatable bonds is 4. The molecule has 6 heteroatoms. The first kappa shape index (κ1) is 14.7. The zero-order chi connectivity index (χ0) is 14.7. The van der Waals surface area contributed by atoms with Gasteiger partial charge in [0.1, 0.15) is 0 Å². The summed E-state index contributed by atoms with van der Waals surface area (Å²) in [7, 11) is 1.73. The van der Waals surface area contributed by atoms with Crippen molar-refractivity contribution in [2.75, 3.05) is 7.05 Å². The fourth-order valence-corrected chi connectivity index (χ4v) is 3.27. The normalized spacial score (nSPS) is 10.3. The van der Waals surface area contributed by atoms with Crippen molar-refractivity contribution in [3.8, 4) is 0 Å². The molecular weight excluding hydrogens is 340 g/mol. The maximum atomic E-state index is 12.3. The molecule has 4 nitrogen and oxygen atoms in total. The molecule has 1 heterocycles. The monoisotopic (exact) mass is 352 g/mol. The first-order valence-corrected chi connectivity index (χ1v) is 7.53. The van der Waals surface area contributed by atoms with Gasteiger partial charge in [-0.1, -0.05) is 6.07 Å². The molecule has 0 saturated carbocycles. The molecule has 0 fully saturated rings. The predicted molar refractivity (Wildman–Crippen MR) is 82.8 cm³/mol. The smallest absolute Gasteiger partial charge is 0.253 e. The Morgan fingerprint density at radius 3 is 2.60 bits per heavy atom. The molecule has 2 N–H and O–H groups in total. The van der Waals surface area contributed by atoms with Crippen LogP contribution >= 0.6 is 27.3 Å². The zero-order valence-corrected chi connectivity index (χ0v) is 13.2. The van der Waals surface area contributed by atoms with E-state index in [-0.39, 0.29) is 5.91 Å². The molecule has 1 aromatic carbocycles. The Labute approximate surface area is 129 Å². The van der Waals surface area contributed by atoms with E-state index in [0.29, 0.717) is 17.7 Å². The Hall–Kier alpha value is -1.66. The molecule has 0 bridgehead atoms. The molecular formula is C14H13BrN2O2S. The molecule has 20 heavy (non-hydrogen) atoms. The number of nitrogens with two attached hydrogens (primary N) is 1. The van der Waals surface area contributed by atoms with E-state index in [1.165, 1.54) is 6.07 Å². The van der Waals surface area contributed by atoms with E-state index < -0.39 is 5.91 Å². The van der Waals surface area contributed by atoms with Gasteiger partial charge in [0.25, 0.3) is 5.91 Å². The number of nitrogens with zero attached hydrogens (tertiary/aromatic N) is 1. The van der Waals surface area contributed by atoms with Crippen molar-refractivity contribution in [3.05, 3.63) is 56.2 Å². The van der Waals surface area contributed by atoms with Gasteiger partial charge in [0.05, 0.1) is 6.54 Å². The van der Waals surface area contributed by atoms with Crippen molar-refractivity contribution in [2.45, 2.75) is 6.54 Å². The van der Waals surface area contributed by atoms with Gasteiger partial charge in [0, 0.05) is 32.9 Å². The Kier molecular flexibility index (Phi) is 4.57. The van der Waals surface area contributed by atoms with Crippen molar-refractivity contribution >= 4 is 39.1 Å². The molecule has 2 amide bonds. The minimum Gasteiger partial charge on any atom is -0.366 e. The molecule has 0 aliphatic rings. The van der Waals surface area contributed by atoms with Crippen LogP contribution in [0.4, 0.5) is 0 Å². The third-order valence-corrected chi connectivity index (χ3v) is 4.44. The highest BCUT2D eigenvalue weighted by atomic mass is 79.9. The van der Waals surface area contributed by atoms with Crippen molar-refractivity contribution in [3.63, 3.8) is 0 Å². The molecule has 0 spiro atoms. The molecule has 1 aromatic heterocycles. The van der Waals surface area contributed by atoms with E-state index >= 15 is 0 Å². The van der Waals surface area contributed by atoms with E-state index in [2.05, 4.69) is 15.9 Å². The number of hydrogen-bond acceptors (Lipinski definition) is 3. The van der Waals surface area contributed by atoms with Crippen LogP contribution in [0.25, 0.3) is 0 Å². The van der Waals surface area contributed by atoms with Gasteiger partial charge in [0.2, 0.25) is 5.91 Å². The van der Waals surface area contributed by atoms with Gasteiger partial charge >= 0.3 is 0 Å². The summed E-state index contributed by atoms with van der Waals surface area (Å²) in [6.45, 7) is 0.524. The maximum absolute atomic E-state index is 12.3. The highest BCUT2D eigenvalue weighted by Gasteiger charge is 2.14. The quantitative estimate of drug-likeness (QED) is 0.919. The van der Waals surface area contributed by atoms with Gasteiger partial charge in [-0.15, -0.1) is 11.3 Å². The third-order valence-electron chi connectivity index (χ3n) is 2.76. The summed E-state index contributed by atoms with van der Waals surface area (Å²) in [5, 5.41) is 1.97. The molecule has 104 valence electrons. The average Bonchev–Trinajstić information content (AvgIpc) is 2.83. The lowest BCUT2D eigenvalue weighted by atomic mass is 10.1. The van der Waals surface area contributed by atoms with Crippen LogP contribution < -0.4 is 5.73 Å². The second-order valence-corrected chi connectivity index (χ2v) is 6.25.